The lowest BCUT2D eigenvalue weighted by Gasteiger charge is -2.37. The Morgan fingerprint density at radius 3 is 2.21 bits per heavy atom. The Morgan fingerprint density at radius 1 is 1.12 bits per heavy atom. The predicted octanol–water partition coefficient (Wildman–Crippen LogP) is 3.90. The van der Waals surface area contributed by atoms with Crippen LogP contribution in [0.3, 0.4) is 0 Å². The van der Waals surface area contributed by atoms with Crippen molar-refractivity contribution in [1.29, 1.82) is 0 Å². The topological polar surface area (TPSA) is 48.0 Å². The summed E-state index contributed by atoms with van der Waals surface area (Å²) >= 11 is 0. The van der Waals surface area contributed by atoms with Crippen molar-refractivity contribution >= 4 is 6.09 Å². The molecular formula is C18H26FNO4. The molecule has 6 heteroatoms. The summed E-state index contributed by atoms with van der Waals surface area (Å²) in [7, 11) is 3.07. The van der Waals surface area contributed by atoms with E-state index in [0.29, 0.717) is 30.2 Å². The zero-order valence-corrected chi connectivity index (χ0v) is 15.0. The van der Waals surface area contributed by atoms with E-state index in [9.17, 15) is 4.79 Å². The van der Waals surface area contributed by atoms with Gasteiger partial charge in [0.2, 0.25) is 0 Å². The van der Waals surface area contributed by atoms with Crippen molar-refractivity contribution in [3.05, 3.63) is 23.8 Å². The summed E-state index contributed by atoms with van der Waals surface area (Å²) in [6.07, 6.45) is 0.0561. The van der Waals surface area contributed by atoms with Crippen LogP contribution in [0.15, 0.2) is 18.2 Å². The molecule has 1 aromatic rings. The predicted molar refractivity (Wildman–Crippen MR) is 89.4 cm³/mol. The maximum Gasteiger partial charge on any atom is 0.410 e. The van der Waals surface area contributed by atoms with Gasteiger partial charge < -0.3 is 19.1 Å². The number of hydrogen-bond acceptors (Lipinski definition) is 4. The molecule has 0 N–H and O–H groups in total. The fourth-order valence-electron chi connectivity index (χ4n) is 2.77. The first-order valence-electron chi connectivity index (χ1n) is 8.08. The van der Waals surface area contributed by atoms with Gasteiger partial charge in [-0.15, -0.1) is 0 Å². The third-order valence-corrected chi connectivity index (χ3v) is 4.11. The Kier molecular flexibility index (Phi) is 5.26. The standard InChI is InChI=1S/C18H26FNO4/c1-17(2,3)24-16(21)20-10-8-18(19,9-11-20)13-6-7-14(22-4)15(12-13)23-5/h6-7,12H,8-11H2,1-5H3. The van der Waals surface area contributed by atoms with Crippen molar-refractivity contribution in [2.75, 3.05) is 27.3 Å². The zero-order valence-electron chi connectivity index (χ0n) is 15.0. The number of ether oxygens (including phenoxy) is 3. The van der Waals surface area contributed by atoms with E-state index in [1.54, 1.807) is 30.2 Å². The molecule has 0 spiro atoms. The van der Waals surface area contributed by atoms with E-state index in [1.807, 2.05) is 20.8 Å². The highest BCUT2D eigenvalue weighted by atomic mass is 19.1. The normalized spacial score (nSPS) is 17.3. The number of hydrogen-bond donors (Lipinski definition) is 0. The minimum absolute atomic E-state index is 0.224. The Labute approximate surface area is 142 Å². The number of carbonyl (C=O) groups is 1. The van der Waals surface area contributed by atoms with Crippen LogP contribution in [-0.2, 0) is 10.4 Å². The van der Waals surface area contributed by atoms with Crippen LogP contribution in [0.1, 0.15) is 39.2 Å². The number of likely N-dealkylation sites (tertiary alicyclic amines) is 1. The second kappa shape index (κ2) is 6.87. The maximum absolute atomic E-state index is 15.4. The zero-order chi connectivity index (χ0) is 18.0. The van der Waals surface area contributed by atoms with Crippen LogP contribution in [0.4, 0.5) is 9.18 Å². The third-order valence-electron chi connectivity index (χ3n) is 4.11. The monoisotopic (exact) mass is 339 g/mol. The highest BCUT2D eigenvalue weighted by molar-refractivity contribution is 5.68. The molecule has 0 aromatic heterocycles. The molecule has 1 heterocycles. The highest BCUT2D eigenvalue weighted by Gasteiger charge is 2.39. The number of rotatable bonds is 3. The molecule has 0 saturated carbocycles. The molecular weight excluding hydrogens is 313 g/mol. The van der Waals surface area contributed by atoms with Gasteiger partial charge in [-0.2, -0.15) is 0 Å². The number of alkyl halides is 1. The first-order chi connectivity index (χ1) is 11.2. The van der Waals surface area contributed by atoms with E-state index in [4.69, 9.17) is 14.2 Å². The number of amides is 1. The van der Waals surface area contributed by atoms with Gasteiger partial charge in [-0.1, -0.05) is 6.07 Å². The van der Waals surface area contributed by atoms with Crippen molar-refractivity contribution in [2.45, 2.75) is 44.9 Å². The Balaban J connectivity index is 2.08. The van der Waals surface area contributed by atoms with Crippen LogP contribution >= 0.6 is 0 Å². The van der Waals surface area contributed by atoms with Crippen LogP contribution in [0.25, 0.3) is 0 Å². The van der Waals surface area contributed by atoms with Gasteiger partial charge in [0.15, 0.2) is 11.5 Å². The molecule has 1 amide bonds. The summed E-state index contributed by atoms with van der Waals surface area (Å²) in [6.45, 7) is 6.09. The Bertz CT molecular complexity index is 589. The lowest BCUT2D eigenvalue weighted by Crippen LogP contribution is -2.45. The summed E-state index contributed by atoms with van der Waals surface area (Å²) < 4.78 is 31.1. The molecule has 0 bridgehead atoms. The van der Waals surface area contributed by atoms with Crippen LogP contribution in [0.2, 0.25) is 0 Å². The molecule has 0 atom stereocenters. The van der Waals surface area contributed by atoms with Gasteiger partial charge in [0.25, 0.3) is 0 Å². The minimum atomic E-state index is -1.49. The number of methoxy groups -OCH3 is 2. The van der Waals surface area contributed by atoms with Crippen LogP contribution in [0.5, 0.6) is 11.5 Å². The van der Waals surface area contributed by atoms with Crippen molar-refractivity contribution in [2.24, 2.45) is 0 Å². The molecule has 0 radical (unpaired) electrons. The van der Waals surface area contributed by atoms with Crippen LogP contribution in [0, 0.1) is 0 Å². The number of benzene rings is 1. The second-order valence-corrected chi connectivity index (χ2v) is 7.00. The molecule has 5 nitrogen and oxygen atoms in total. The molecule has 1 aliphatic rings. The lowest BCUT2D eigenvalue weighted by molar-refractivity contribution is 0.00215. The van der Waals surface area contributed by atoms with Crippen molar-refractivity contribution in [1.82, 2.24) is 4.90 Å². The summed E-state index contributed by atoms with van der Waals surface area (Å²) in [4.78, 5) is 13.6. The number of piperidine rings is 1. The Hall–Kier alpha value is -1.98. The third kappa shape index (κ3) is 4.10. The number of halogens is 1. The van der Waals surface area contributed by atoms with Gasteiger partial charge in [0, 0.05) is 25.9 Å². The smallest absolute Gasteiger partial charge is 0.410 e. The fourth-order valence-corrected chi connectivity index (χ4v) is 2.77. The number of nitrogens with zero attached hydrogens (tertiary/aromatic N) is 1. The van der Waals surface area contributed by atoms with Crippen LogP contribution < -0.4 is 9.47 Å². The molecule has 1 aromatic carbocycles. The minimum Gasteiger partial charge on any atom is -0.493 e. The molecule has 0 unspecified atom stereocenters. The second-order valence-electron chi connectivity index (χ2n) is 7.00. The Morgan fingerprint density at radius 2 is 1.71 bits per heavy atom. The molecule has 24 heavy (non-hydrogen) atoms. The molecule has 1 saturated heterocycles. The van der Waals surface area contributed by atoms with Crippen LogP contribution in [-0.4, -0.2) is 43.9 Å². The van der Waals surface area contributed by atoms with Gasteiger partial charge in [-0.05, 0) is 38.5 Å². The molecule has 0 aliphatic carbocycles. The van der Waals surface area contributed by atoms with Gasteiger partial charge in [0.1, 0.15) is 11.3 Å². The SMILES string of the molecule is COc1ccc(C2(F)CCN(C(=O)OC(C)(C)C)CC2)cc1OC. The summed E-state index contributed by atoms with van der Waals surface area (Å²) in [5.74, 6) is 1.07. The summed E-state index contributed by atoms with van der Waals surface area (Å²) in [6, 6.07) is 5.09. The summed E-state index contributed by atoms with van der Waals surface area (Å²) in [5, 5.41) is 0. The quantitative estimate of drug-likeness (QED) is 0.838. The lowest BCUT2D eigenvalue weighted by atomic mass is 9.86. The molecule has 1 aliphatic heterocycles. The van der Waals surface area contributed by atoms with Gasteiger partial charge in [-0.3, -0.25) is 0 Å². The van der Waals surface area contributed by atoms with Gasteiger partial charge in [-0.25, -0.2) is 9.18 Å². The largest absolute Gasteiger partial charge is 0.493 e. The van der Waals surface area contributed by atoms with E-state index in [1.165, 1.54) is 7.11 Å². The van der Waals surface area contributed by atoms with Crippen molar-refractivity contribution < 1.29 is 23.4 Å². The maximum atomic E-state index is 15.4. The van der Waals surface area contributed by atoms with E-state index in [0.717, 1.165) is 0 Å². The molecule has 134 valence electrons. The van der Waals surface area contributed by atoms with Gasteiger partial charge >= 0.3 is 6.09 Å². The molecule has 2 rings (SSSR count). The average molecular weight is 339 g/mol. The van der Waals surface area contributed by atoms with Gasteiger partial charge in [0.05, 0.1) is 14.2 Å². The summed E-state index contributed by atoms with van der Waals surface area (Å²) in [5.41, 5.74) is -1.49. The average Bonchev–Trinajstić information content (AvgIpc) is 2.53. The molecule has 1 fully saturated rings. The van der Waals surface area contributed by atoms with E-state index >= 15 is 4.39 Å². The highest BCUT2D eigenvalue weighted by Crippen LogP contribution is 2.40. The number of carbonyl (C=O) groups excluding carboxylic acids is 1. The van der Waals surface area contributed by atoms with E-state index < -0.39 is 17.4 Å². The van der Waals surface area contributed by atoms with E-state index in [2.05, 4.69) is 0 Å². The fraction of sp³-hybridized carbons (Fsp3) is 0.611. The first-order valence-corrected chi connectivity index (χ1v) is 8.08. The van der Waals surface area contributed by atoms with E-state index in [-0.39, 0.29) is 12.8 Å². The van der Waals surface area contributed by atoms with Crippen molar-refractivity contribution in [3.8, 4) is 11.5 Å². The van der Waals surface area contributed by atoms with Crippen molar-refractivity contribution in [3.63, 3.8) is 0 Å². The first kappa shape index (κ1) is 18.4.